The van der Waals surface area contributed by atoms with Crippen molar-refractivity contribution < 1.29 is 24.4 Å². The topological polar surface area (TPSA) is 34.1 Å². The van der Waals surface area contributed by atoms with Gasteiger partial charge in [-0.3, -0.25) is 0 Å². The van der Waals surface area contributed by atoms with Crippen LogP contribution in [0.15, 0.2) is 0 Å². The van der Waals surface area contributed by atoms with Crippen molar-refractivity contribution >= 4 is 51.4 Å². The maximum absolute atomic E-state index is 8.51. The molecule has 0 fully saturated rings. The van der Waals surface area contributed by atoms with E-state index in [1.807, 2.05) is 0 Å². The zero-order valence-corrected chi connectivity index (χ0v) is 3.71. The van der Waals surface area contributed by atoms with E-state index in [4.69, 9.17) is 7.08 Å². The molecular weight excluding hydrogens is 261 g/mol. The average molecular weight is 262 g/mol. The van der Waals surface area contributed by atoms with Crippen molar-refractivity contribution in [2.45, 2.75) is 0 Å². The molecule has 0 aliphatic carbocycles. The van der Waals surface area contributed by atoms with Crippen LogP contribution in [-0.4, -0.2) is 51.4 Å². The molecule has 4 heteroatoms. The van der Waals surface area contributed by atoms with Crippen molar-refractivity contribution in [3.8, 4) is 0 Å². The molecule has 0 aromatic carbocycles. The van der Waals surface area contributed by atoms with Gasteiger partial charge in [0.05, 0.1) is 0 Å². The Morgan fingerprint density at radius 1 is 1.25 bits per heavy atom. The van der Waals surface area contributed by atoms with Gasteiger partial charge >= 0.3 is 75.8 Å². The van der Waals surface area contributed by atoms with E-state index in [1.165, 1.54) is 0 Å². The number of rotatable bonds is 0. The van der Waals surface area contributed by atoms with E-state index in [-0.39, 0.29) is 51.4 Å². The van der Waals surface area contributed by atoms with Gasteiger partial charge < -0.3 is 0 Å². The van der Waals surface area contributed by atoms with Crippen LogP contribution in [0.25, 0.3) is 0 Å². The molecule has 0 atom stereocenters. The second kappa shape index (κ2) is 8.86. The Kier molecular flexibility index (Phi) is 20.6. The van der Waals surface area contributed by atoms with Gasteiger partial charge in [0.25, 0.3) is 0 Å². The van der Waals surface area contributed by atoms with Crippen molar-refractivity contribution in [3.05, 3.63) is 0 Å². The first-order chi connectivity index (χ1) is 1.41. The summed E-state index contributed by atoms with van der Waals surface area (Å²) in [6.45, 7) is 0. The fraction of sp³-hybridized carbons (Fsp3) is 0. The van der Waals surface area contributed by atoms with E-state index < -0.39 is 17.3 Å². The molecule has 0 spiro atoms. The summed E-state index contributed by atoms with van der Waals surface area (Å²) in [6.07, 6.45) is 0. The van der Waals surface area contributed by atoms with Crippen LogP contribution in [0.4, 0.5) is 0 Å². The van der Waals surface area contributed by atoms with Gasteiger partial charge in [-0.2, -0.15) is 0 Å². The van der Waals surface area contributed by atoms with Crippen LogP contribution in [0, 0.1) is 0 Å². The van der Waals surface area contributed by atoms with E-state index in [0.717, 1.165) is 0 Å². The first kappa shape index (κ1) is 9.30. The molecule has 0 saturated heterocycles. The molecular formula is HKO2Os. The molecule has 0 saturated carbocycles. The van der Waals surface area contributed by atoms with Gasteiger partial charge in [-0.25, -0.2) is 0 Å². The van der Waals surface area contributed by atoms with Crippen LogP contribution in [0.2, 0.25) is 0 Å². The third-order valence-electron chi connectivity index (χ3n) is 0. The Balaban J connectivity index is 0. The van der Waals surface area contributed by atoms with Crippen LogP contribution in [0.3, 0.4) is 0 Å². The van der Waals surface area contributed by atoms with Crippen LogP contribution in [0.1, 0.15) is 0 Å². The zero-order chi connectivity index (χ0) is 2.71. The Hall–Kier alpha value is 1.87. The summed E-state index contributed by atoms with van der Waals surface area (Å²) in [4.78, 5) is 0. The molecule has 0 amide bonds. The van der Waals surface area contributed by atoms with Crippen LogP contribution in [-0.2, 0) is 24.4 Å². The summed E-state index contributed by atoms with van der Waals surface area (Å²) in [5.74, 6) is 0. The van der Waals surface area contributed by atoms with Crippen molar-refractivity contribution in [3.63, 3.8) is 0 Å². The Morgan fingerprint density at radius 3 is 1.25 bits per heavy atom. The van der Waals surface area contributed by atoms with E-state index in [0.29, 0.717) is 0 Å². The summed E-state index contributed by atoms with van der Waals surface area (Å²) >= 11 is -2.08. The molecule has 0 bridgehead atoms. The minimum atomic E-state index is -2.08. The Bertz CT molecular complexity index is 27.0. The normalized spacial score (nSPS) is 4.00. The predicted octanol–water partition coefficient (Wildman–Crippen LogP) is -0.889. The summed E-state index contributed by atoms with van der Waals surface area (Å²) in [7, 11) is 0. The molecule has 4 heavy (non-hydrogen) atoms. The molecule has 22 valence electrons. The third kappa shape index (κ3) is 9.11. The fourth-order valence-corrected chi connectivity index (χ4v) is 0. The van der Waals surface area contributed by atoms with Gasteiger partial charge in [-0.05, 0) is 0 Å². The summed E-state index contributed by atoms with van der Waals surface area (Å²) in [5, 5.41) is 0. The quantitative estimate of drug-likeness (QED) is 0.531. The maximum atomic E-state index is 8.51. The predicted molar refractivity (Wildman–Crippen MR) is 8.52 cm³/mol. The average Bonchev–Trinajstić information content (AvgIpc) is 0.918. The minimum absolute atomic E-state index is 0. The molecule has 2 nitrogen and oxygen atoms in total. The van der Waals surface area contributed by atoms with E-state index >= 15 is 0 Å². The van der Waals surface area contributed by atoms with Gasteiger partial charge in [-0.1, -0.05) is 0 Å². The standard InChI is InChI=1S/K.2O.Os.H. The third-order valence-corrected chi connectivity index (χ3v) is 0. The molecule has 0 rings (SSSR count). The zero-order valence-electron chi connectivity index (χ0n) is 1.17. The molecule has 0 N–H and O–H groups in total. The summed E-state index contributed by atoms with van der Waals surface area (Å²) in [6, 6.07) is 0. The Morgan fingerprint density at radius 2 is 1.25 bits per heavy atom. The van der Waals surface area contributed by atoms with Crippen molar-refractivity contribution in [1.82, 2.24) is 0 Å². The van der Waals surface area contributed by atoms with Crippen LogP contribution < -0.4 is 0 Å². The van der Waals surface area contributed by atoms with Gasteiger partial charge in [0.1, 0.15) is 0 Å². The first-order valence-electron chi connectivity index (χ1n) is 0.289. The van der Waals surface area contributed by atoms with Crippen molar-refractivity contribution in [2.75, 3.05) is 0 Å². The van der Waals surface area contributed by atoms with Crippen LogP contribution >= 0.6 is 0 Å². The molecule has 0 radical (unpaired) electrons. The number of hydrogen-bond donors (Lipinski definition) is 0. The SMILES string of the molecule is [KH].[O]=[Os]=[O]. The second-order valence-corrected chi connectivity index (χ2v) is 0.482. The van der Waals surface area contributed by atoms with E-state index in [9.17, 15) is 0 Å². The van der Waals surface area contributed by atoms with Gasteiger partial charge in [0.2, 0.25) is 0 Å². The molecule has 0 aromatic heterocycles. The first-order valence-corrected chi connectivity index (χ1v) is 2.36. The number of hydrogen-bond acceptors (Lipinski definition) is 2. The van der Waals surface area contributed by atoms with Gasteiger partial charge in [0, 0.05) is 0 Å². The monoisotopic (exact) mass is 264 g/mol. The molecule has 0 unspecified atom stereocenters. The fourth-order valence-electron chi connectivity index (χ4n) is 0. The molecule has 0 aliphatic heterocycles. The van der Waals surface area contributed by atoms with Gasteiger partial charge in [0.15, 0.2) is 0 Å². The van der Waals surface area contributed by atoms with Crippen LogP contribution in [0.5, 0.6) is 0 Å². The molecule has 0 aromatic rings. The summed E-state index contributed by atoms with van der Waals surface area (Å²) < 4.78 is 17.0. The molecule has 0 aliphatic rings. The summed E-state index contributed by atoms with van der Waals surface area (Å²) in [5.41, 5.74) is 0. The molecule has 0 heterocycles. The van der Waals surface area contributed by atoms with E-state index in [1.54, 1.807) is 0 Å². The second-order valence-electron chi connectivity index (χ2n) is 0.0589. The van der Waals surface area contributed by atoms with Gasteiger partial charge in [-0.15, -0.1) is 0 Å². The van der Waals surface area contributed by atoms with Crippen molar-refractivity contribution in [1.29, 1.82) is 0 Å². The van der Waals surface area contributed by atoms with E-state index in [2.05, 4.69) is 0 Å². The van der Waals surface area contributed by atoms with Crippen molar-refractivity contribution in [2.24, 2.45) is 0 Å². The Labute approximate surface area is 74.1 Å².